The fourth-order valence-corrected chi connectivity index (χ4v) is 3.82. The van der Waals surface area contributed by atoms with Crippen molar-refractivity contribution in [3.05, 3.63) is 64.9 Å². The zero-order chi connectivity index (χ0) is 18.8. The van der Waals surface area contributed by atoms with Crippen LogP contribution in [0.4, 0.5) is 0 Å². The van der Waals surface area contributed by atoms with Gasteiger partial charge in [-0.05, 0) is 30.4 Å². The minimum absolute atomic E-state index is 0.0631. The second-order valence-electron chi connectivity index (χ2n) is 6.46. The zero-order valence-corrected chi connectivity index (χ0v) is 15.7. The van der Waals surface area contributed by atoms with E-state index in [9.17, 15) is 9.59 Å². The van der Waals surface area contributed by atoms with Crippen molar-refractivity contribution >= 4 is 23.2 Å². The largest absolute Gasteiger partial charge is 0.440 e. The second kappa shape index (κ2) is 7.36. The van der Waals surface area contributed by atoms with Crippen LogP contribution < -0.4 is 5.32 Å². The predicted molar refractivity (Wildman–Crippen MR) is 102 cm³/mol. The van der Waals surface area contributed by atoms with Gasteiger partial charge in [-0.1, -0.05) is 36.4 Å². The number of rotatable bonds is 5. The van der Waals surface area contributed by atoms with E-state index in [4.69, 9.17) is 4.42 Å². The maximum absolute atomic E-state index is 12.6. The third-order valence-electron chi connectivity index (χ3n) is 4.56. The Hall–Kier alpha value is -2.93. The Kier molecular flexibility index (Phi) is 4.77. The number of carbonyl (C=O) groups is 2. The fourth-order valence-electron chi connectivity index (χ4n) is 3.17. The maximum Gasteiger partial charge on any atom is 0.274 e. The van der Waals surface area contributed by atoms with Gasteiger partial charge in [0.25, 0.3) is 5.91 Å². The van der Waals surface area contributed by atoms with E-state index in [-0.39, 0.29) is 17.5 Å². The summed E-state index contributed by atoms with van der Waals surface area (Å²) in [5.74, 6) is 0.435. The smallest absolute Gasteiger partial charge is 0.274 e. The number of amides is 2. The number of benzene rings is 1. The van der Waals surface area contributed by atoms with Crippen molar-refractivity contribution in [2.24, 2.45) is 0 Å². The van der Waals surface area contributed by atoms with Gasteiger partial charge in [0.2, 0.25) is 11.8 Å². The van der Waals surface area contributed by atoms with Crippen molar-refractivity contribution in [1.29, 1.82) is 0 Å². The van der Waals surface area contributed by atoms with Crippen LogP contribution in [0.15, 0.2) is 52.3 Å². The molecule has 1 aromatic carbocycles. The first-order valence-corrected chi connectivity index (χ1v) is 9.64. The first-order chi connectivity index (χ1) is 13.1. The van der Waals surface area contributed by atoms with Crippen molar-refractivity contribution in [3.8, 4) is 10.8 Å². The van der Waals surface area contributed by atoms with E-state index in [1.165, 1.54) is 11.3 Å². The van der Waals surface area contributed by atoms with Crippen LogP contribution in [0.2, 0.25) is 0 Å². The van der Waals surface area contributed by atoms with E-state index in [0.29, 0.717) is 31.2 Å². The fraction of sp³-hybridized carbons (Fsp3) is 0.250. The van der Waals surface area contributed by atoms with Crippen molar-refractivity contribution < 1.29 is 14.0 Å². The topological polar surface area (TPSA) is 75.4 Å². The molecule has 0 unspecified atom stereocenters. The molecule has 3 aromatic rings. The van der Waals surface area contributed by atoms with Crippen LogP contribution >= 0.6 is 11.3 Å². The standard InChI is InChI=1S/C20H19N3O3S/c1-13-17(22-19(26-13)16-8-5-11-27-16)18(24)21-15-9-10-23(20(15)25)12-14-6-3-2-4-7-14/h2-8,11,15H,9-10,12H2,1H3,(H,21,24)/t15-/m1/s1. The molecule has 1 N–H and O–H groups in total. The van der Waals surface area contributed by atoms with Crippen molar-refractivity contribution in [2.75, 3.05) is 6.54 Å². The van der Waals surface area contributed by atoms with Crippen molar-refractivity contribution in [1.82, 2.24) is 15.2 Å². The Labute approximate surface area is 160 Å². The highest BCUT2D eigenvalue weighted by atomic mass is 32.1. The number of carbonyl (C=O) groups excluding carboxylic acids is 2. The molecule has 1 aliphatic heterocycles. The Morgan fingerprint density at radius 3 is 2.85 bits per heavy atom. The molecule has 2 aromatic heterocycles. The number of aromatic nitrogens is 1. The number of aryl methyl sites for hydroxylation is 1. The minimum Gasteiger partial charge on any atom is -0.440 e. The Bertz CT molecular complexity index is 950. The molecule has 0 radical (unpaired) electrons. The molecule has 27 heavy (non-hydrogen) atoms. The molecule has 0 aliphatic carbocycles. The first kappa shape index (κ1) is 17.5. The molecule has 3 heterocycles. The molecule has 1 saturated heterocycles. The molecule has 4 rings (SSSR count). The molecular weight excluding hydrogens is 362 g/mol. The lowest BCUT2D eigenvalue weighted by Gasteiger charge is -2.17. The lowest BCUT2D eigenvalue weighted by molar-refractivity contribution is -0.129. The van der Waals surface area contributed by atoms with E-state index in [0.717, 1.165) is 10.4 Å². The van der Waals surface area contributed by atoms with Crippen LogP contribution in [0.5, 0.6) is 0 Å². The monoisotopic (exact) mass is 381 g/mol. The highest BCUT2D eigenvalue weighted by Gasteiger charge is 2.33. The Morgan fingerprint density at radius 1 is 1.30 bits per heavy atom. The number of thiophene rings is 1. The number of nitrogens with zero attached hydrogens (tertiary/aromatic N) is 2. The maximum atomic E-state index is 12.6. The van der Waals surface area contributed by atoms with Crippen LogP contribution in [0, 0.1) is 6.92 Å². The minimum atomic E-state index is -0.525. The molecular formula is C20H19N3O3S. The summed E-state index contributed by atoms with van der Waals surface area (Å²) in [4.78, 5) is 32.2. The molecule has 1 aliphatic rings. The van der Waals surface area contributed by atoms with E-state index in [1.807, 2.05) is 47.8 Å². The summed E-state index contributed by atoms with van der Waals surface area (Å²) < 4.78 is 5.61. The van der Waals surface area contributed by atoms with Gasteiger partial charge in [0, 0.05) is 13.1 Å². The molecule has 6 nitrogen and oxygen atoms in total. The molecule has 2 amide bonds. The van der Waals surface area contributed by atoms with E-state index >= 15 is 0 Å². The van der Waals surface area contributed by atoms with Gasteiger partial charge in [-0.3, -0.25) is 9.59 Å². The van der Waals surface area contributed by atoms with Crippen LogP contribution in [-0.4, -0.2) is 34.3 Å². The molecule has 1 fully saturated rings. The number of hydrogen-bond acceptors (Lipinski definition) is 5. The first-order valence-electron chi connectivity index (χ1n) is 8.76. The number of oxazole rings is 1. The number of likely N-dealkylation sites (tertiary alicyclic amines) is 1. The average molecular weight is 381 g/mol. The lowest BCUT2D eigenvalue weighted by Crippen LogP contribution is -2.41. The molecule has 0 bridgehead atoms. The Balaban J connectivity index is 1.42. The second-order valence-corrected chi connectivity index (χ2v) is 7.41. The lowest BCUT2D eigenvalue weighted by atomic mass is 10.2. The quantitative estimate of drug-likeness (QED) is 0.736. The van der Waals surface area contributed by atoms with Gasteiger partial charge in [-0.15, -0.1) is 11.3 Å². The van der Waals surface area contributed by atoms with Crippen LogP contribution in [-0.2, 0) is 11.3 Å². The van der Waals surface area contributed by atoms with Gasteiger partial charge in [0.05, 0.1) is 4.88 Å². The van der Waals surface area contributed by atoms with Crippen LogP contribution in [0.1, 0.15) is 28.2 Å². The van der Waals surface area contributed by atoms with Gasteiger partial charge in [0.1, 0.15) is 11.8 Å². The summed E-state index contributed by atoms with van der Waals surface area (Å²) in [5, 5.41) is 4.73. The summed E-state index contributed by atoms with van der Waals surface area (Å²) in [7, 11) is 0. The SMILES string of the molecule is Cc1oc(-c2cccs2)nc1C(=O)N[C@@H]1CCN(Cc2ccccc2)C1=O. The molecule has 138 valence electrons. The average Bonchev–Trinajstić information content (AvgIpc) is 3.39. The third-order valence-corrected chi connectivity index (χ3v) is 5.42. The summed E-state index contributed by atoms with van der Waals surface area (Å²) in [6, 6.07) is 13.1. The predicted octanol–water partition coefficient (Wildman–Crippen LogP) is 3.24. The van der Waals surface area contributed by atoms with Gasteiger partial charge in [0.15, 0.2) is 5.69 Å². The van der Waals surface area contributed by atoms with Gasteiger partial charge >= 0.3 is 0 Å². The number of nitrogens with one attached hydrogen (secondary N) is 1. The number of hydrogen-bond donors (Lipinski definition) is 1. The summed E-state index contributed by atoms with van der Waals surface area (Å²) in [5.41, 5.74) is 1.30. The summed E-state index contributed by atoms with van der Waals surface area (Å²) >= 11 is 1.50. The van der Waals surface area contributed by atoms with Gasteiger partial charge in [-0.2, -0.15) is 0 Å². The van der Waals surface area contributed by atoms with Crippen LogP contribution in [0.3, 0.4) is 0 Å². The van der Waals surface area contributed by atoms with E-state index < -0.39 is 6.04 Å². The highest BCUT2D eigenvalue weighted by molar-refractivity contribution is 7.13. The van der Waals surface area contributed by atoms with Crippen LogP contribution in [0.25, 0.3) is 10.8 Å². The summed E-state index contributed by atoms with van der Waals surface area (Å²) in [6.45, 7) is 2.88. The Morgan fingerprint density at radius 2 is 2.11 bits per heavy atom. The zero-order valence-electron chi connectivity index (χ0n) is 14.8. The normalized spacial score (nSPS) is 16.7. The third kappa shape index (κ3) is 3.64. The van der Waals surface area contributed by atoms with Gasteiger partial charge < -0.3 is 14.6 Å². The van der Waals surface area contributed by atoms with Gasteiger partial charge in [-0.25, -0.2) is 4.98 Å². The van der Waals surface area contributed by atoms with E-state index in [2.05, 4.69) is 10.3 Å². The molecule has 1 atom stereocenters. The highest BCUT2D eigenvalue weighted by Crippen LogP contribution is 2.26. The van der Waals surface area contributed by atoms with Crippen molar-refractivity contribution in [2.45, 2.75) is 25.9 Å². The molecule has 7 heteroatoms. The van der Waals surface area contributed by atoms with E-state index in [1.54, 1.807) is 11.8 Å². The summed E-state index contributed by atoms with van der Waals surface area (Å²) in [6.07, 6.45) is 0.589. The molecule has 0 spiro atoms. The molecule has 0 saturated carbocycles. The van der Waals surface area contributed by atoms with Crippen molar-refractivity contribution in [3.63, 3.8) is 0 Å².